The summed E-state index contributed by atoms with van der Waals surface area (Å²) >= 11 is 0. The minimum absolute atomic E-state index is 0.135. The number of benzene rings is 2. The summed E-state index contributed by atoms with van der Waals surface area (Å²) in [7, 11) is 0. The van der Waals surface area contributed by atoms with Gasteiger partial charge in [0.25, 0.3) is 0 Å². The van der Waals surface area contributed by atoms with Gasteiger partial charge >= 0.3 is 0 Å². The zero-order valence-electron chi connectivity index (χ0n) is 13.9. The first-order valence-electron chi connectivity index (χ1n) is 8.42. The van der Waals surface area contributed by atoms with E-state index in [1.165, 1.54) is 16.5 Å². The standard InChI is InChI=1S/C20H23FN2O/c1-2-15-24-20-10-6-3-7-17(20)16-22-11-13-23(14-12-22)19-9-5-4-8-18(19)21/h2-10H,1,11-16H2/p+1. The predicted molar refractivity (Wildman–Crippen MR) is 95.1 cm³/mol. The van der Waals surface area contributed by atoms with E-state index in [1.807, 2.05) is 30.3 Å². The second-order valence-electron chi connectivity index (χ2n) is 6.07. The third-order valence-electron chi connectivity index (χ3n) is 4.43. The van der Waals surface area contributed by atoms with Gasteiger partial charge in [0.2, 0.25) is 0 Å². The Morgan fingerprint density at radius 3 is 2.54 bits per heavy atom. The Kier molecular flexibility index (Phi) is 5.49. The summed E-state index contributed by atoms with van der Waals surface area (Å²) < 4.78 is 19.7. The van der Waals surface area contributed by atoms with Gasteiger partial charge in [0, 0.05) is 5.56 Å². The second kappa shape index (κ2) is 7.97. The number of ether oxygens (including phenoxy) is 1. The molecule has 0 bridgehead atoms. The van der Waals surface area contributed by atoms with Crippen LogP contribution in [0.2, 0.25) is 0 Å². The minimum atomic E-state index is -0.135. The smallest absolute Gasteiger partial charge is 0.146 e. The molecule has 0 aromatic heterocycles. The van der Waals surface area contributed by atoms with Gasteiger partial charge in [0.15, 0.2) is 0 Å². The van der Waals surface area contributed by atoms with Gasteiger partial charge in [-0.2, -0.15) is 0 Å². The first-order chi connectivity index (χ1) is 11.8. The molecule has 0 aliphatic carbocycles. The molecule has 0 atom stereocenters. The molecule has 1 N–H and O–H groups in total. The summed E-state index contributed by atoms with van der Waals surface area (Å²) in [5, 5.41) is 0. The molecule has 0 unspecified atom stereocenters. The van der Waals surface area contributed by atoms with Crippen LogP contribution in [0.25, 0.3) is 0 Å². The van der Waals surface area contributed by atoms with Gasteiger partial charge in [-0.3, -0.25) is 0 Å². The Hall–Kier alpha value is -2.33. The molecule has 0 radical (unpaired) electrons. The summed E-state index contributed by atoms with van der Waals surface area (Å²) in [6.07, 6.45) is 1.76. The fourth-order valence-electron chi connectivity index (χ4n) is 3.16. The molecule has 1 aliphatic heterocycles. The van der Waals surface area contributed by atoms with Crippen molar-refractivity contribution in [3.8, 4) is 5.75 Å². The van der Waals surface area contributed by atoms with Crippen molar-refractivity contribution in [2.75, 3.05) is 37.7 Å². The van der Waals surface area contributed by atoms with Gasteiger partial charge < -0.3 is 14.5 Å². The lowest BCUT2D eigenvalue weighted by molar-refractivity contribution is -0.914. The van der Waals surface area contributed by atoms with Gasteiger partial charge in [-0.15, -0.1) is 0 Å². The highest BCUT2D eigenvalue weighted by Gasteiger charge is 2.22. The van der Waals surface area contributed by atoms with E-state index in [0.29, 0.717) is 12.3 Å². The van der Waals surface area contributed by atoms with E-state index >= 15 is 0 Å². The largest absolute Gasteiger partial charge is 0.489 e. The molecule has 1 aliphatic rings. The van der Waals surface area contributed by atoms with Crippen LogP contribution in [0.15, 0.2) is 61.2 Å². The summed E-state index contributed by atoms with van der Waals surface area (Å²) in [5.74, 6) is 0.797. The monoisotopic (exact) mass is 327 g/mol. The van der Waals surface area contributed by atoms with Crippen LogP contribution in [0, 0.1) is 5.82 Å². The van der Waals surface area contributed by atoms with E-state index in [-0.39, 0.29) is 5.82 Å². The molecule has 2 aromatic rings. The lowest BCUT2D eigenvalue weighted by atomic mass is 10.1. The molecular weight excluding hydrogens is 303 g/mol. The molecule has 1 saturated heterocycles. The number of piperazine rings is 1. The fourth-order valence-corrected chi connectivity index (χ4v) is 3.16. The van der Waals surface area contributed by atoms with E-state index in [2.05, 4.69) is 17.5 Å². The van der Waals surface area contributed by atoms with Crippen LogP contribution in [-0.4, -0.2) is 32.8 Å². The van der Waals surface area contributed by atoms with Crippen molar-refractivity contribution in [3.63, 3.8) is 0 Å². The molecule has 1 heterocycles. The molecule has 3 rings (SSSR count). The van der Waals surface area contributed by atoms with E-state index in [1.54, 1.807) is 12.1 Å². The Morgan fingerprint density at radius 1 is 1.08 bits per heavy atom. The van der Waals surface area contributed by atoms with Gasteiger partial charge in [0.1, 0.15) is 24.7 Å². The Labute approximate surface area is 143 Å². The van der Waals surface area contributed by atoms with Crippen LogP contribution in [0.3, 0.4) is 0 Å². The average Bonchev–Trinajstić information content (AvgIpc) is 2.62. The summed E-state index contributed by atoms with van der Waals surface area (Å²) in [6, 6.07) is 15.2. The van der Waals surface area contributed by atoms with Crippen molar-refractivity contribution in [1.29, 1.82) is 0 Å². The zero-order chi connectivity index (χ0) is 16.8. The second-order valence-corrected chi connectivity index (χ2v) is 6.07. The van der Waals surface area contributed by atoms with Crippen LogP contribution in [0.1, 0.15) is 5.56 Å². The molecule has 0 amide bonds. The number of nitrogens with one attached hydrogen (secondary N) is 1. The maximum atomic E-state index is 13.9. The van der Waals surface area contributed by atoms with Gasteiger partial charge in [0.05, 0.1) is 31.9 Å². The third kappa shape index (κ3) is 3.95. The molecule has 1 fully saturated rings. The lowest BCUT2D eigenvalue weighted by Gasteiger charge is -2.34. The van der Waals surface area contributed by atoms with E-state index < -0.39 is 0 Å². The zero-order valence-corrected chi connectivity index (χ0v) is 13.9. The van der Waals surface area contributed by atoms with Crippen molar-refractivity contribution in [2.45, 2.75) is 6.54 Å². The van der Waals surface area contributed by atoms with Crippen LogP contribution in [0.4, 0.5) is 10.1 Å². The summed E-state index contributed by atoms with van der Waals surface area (Å²) in [4.78, 5) is 3.64. The topological polar surface area (TPSA) is 16.9 Å². The number of rotatable bonds is 6. The number of quaternary nitrogens is 1. The van der Waals surface area contributed by atoms with Crippen molar-refractivity contribution >= 4 is 5.69 Å². The van der Waals surface area contributed by atoms with Crippen molar-refractivity contribution in [2.24, 2.45) is 0 Å². The molecular formula is C20H24FN2O+. The molecule has 3 nitrogen and oxygen atoms in total. The highest BCUT2D eigenvalue weighted by Crippen LogP contribution is 2.19. The molecule has 126 valence electrons. The average molecular weight is 327 g/mol. The predicted octanol–water partition coefficient (Wildman–Crippen LogP) is 2.30. The first kappa shape index (κ1) is 16.5. The first-order valence-corrected chi connectivity index (χ1v) is 8.42. The van der Waals surface area contributed by atoms with Gasteiger partial charge in [-0.25, -0.2) is 4.39 Å². The number of halogens is 1. The number of hydrogen-bond acceptors (Lipinski definition) is 2. The molecule has 4 heteroatoms. The maximum absolute atomic E-state index is 13.9. The fraction of sp³-hybridized carbons (Fsp3) is 0.300. The third-order valence-corrected chi connectivity index (χ3v) is 4.43. The van der Waals surface area contributed by atoms with Gasteiger partial charge in [-0.1, -0.05) is 36.9 Å². The van der Waals surface area contributed by atoms with Crippen molar-refractivity contribution in [1.82, 2.24) is 0 Å². The summed E-state index contributed by atoms with van der Waals surface area (Å²) in [5.41, 5.74) is 1.93. The Bertz CT molecular complexity index is 681. The van der Waals surface area contributed by atoms with Crippen LogP contribution < -0.4 is 14.5 Å². The molecule has 24 heavy (non-hydrogen) atoms. The van der Waals surface area contributed by atoms with E-state index in [4.69, 9.17) is 4.74 Å². The highest BCUT2D eigenvalue weighted by molar-refractivity contribution is 5.47. The van der Waals surface area contributed by atoms with Crippen LogP contribution in [-0.2, 0) is 6.54 Å². The van der Waals surface area contributed by atoms with Crippen LogP contribution in [0.5, 0.6) is 5.75 Å². The molecule has 0 spiro atoms. The van der Waals surface area contributed by atoms with Gasteiger partial charge in [-0.05, 0) is 24.3 Å². The number of anilines is 1. The number of para-hydroxylation sites is 2. The minimum Gasteiger partial charge on any atom is -0.489 e. The lowest BCUT2D eigenvalue weighted by Crippen LogP contribution is -3.13. The SMILES string of the molecule is C=CCOc1ccccc1C[NH+]1CCN(c2ccccc2F)CC1. The Balaban J connectivity index is 1.60. The Morgan fingerprint density at radius 2 is 1.79 bits per heavy atom. The van der Waals surface area contributed by atoms with E-state index in [0.717, 1.165) is 38.5 Å². The normalized spacial score (nSPS) is 15.3. The van der Waals surface area contributed by atoms with Crippen molar-refractivity contribution < 1.29 is 14.0 Å². The highest BCUT2D eigenvalue weighted by atomic mass is 19.1. The van der Waals surface area contributed by atoms with Crippen LogP contribution >= 0.6 is 0 Å². The quantitative estimate of drug-likeness (QED) is 0.820. The molecule has 2 aromatic carbocycles. The van der Waals surface area contributed by atoms with Crippen molar-refractivity contribution in [3.05, 3.63) is 72.6 Å². The molecule has 0 saturated carbocycles. The van der Waals surface area contributed by atoms with E-state index in [9.17, 15) is 4.39 Å². The number of hydrogen-bond donors (Lipinski definition) is 1. The number of nitrogens with zero attached hydrogens (tertiary/aromatic N) is 1. The maximum Gasteiger partial charge on any atom is 0.146 e. The summed E-state index contributed by atoms with van der Waals surface area (Å²) in [6.45, 7) is 8.86.